The van der Waals surface area contributed by atoms with E-state index in [1.807, 2.05) is 18.2 Å². The third kappa shape index (κ3) is 3.63. The first-order valence-electron chi connectivity index (χ1n) is 10.3. The van der Waals surface area contributed by atoms with Crippen molar-refractivity contribution in [2.24, 2.45) is 13.0 Å². The number of hydrogen-bond donors (Lipinski definition) is 0. The summed E-state index contributed by atoms with van der Waals surface area (Å²) in [5.41, 5.74) is 3.37. The van der Waals surface area contributed by atoms with Gasteiger partial charge in [0.15, 0.2) is 0 Å². The first kappa shape index (κ1) is 20.0. The molecule has 0 unspecified atom stereocenters. The lowest BCUT2D eigenvalue weighted by molar-refractivity contribution is 0.107. The van der Waals surface area contributed by atoms with Gasteiger partial charge in [0.1, 0.15) is 11.9 Å². The molecule has 6 heteroatoms. The molecule has 154 valence electrons. The molecule has 1 saturated heterocycles. The Hall–Kier alpha value is -3.33. The summed E-state index contributed by atoms with van der Waals surface area (Å²) in [5.74, 6) is 1.49. The average Bonchev–Trinajstić information content (AvgIpc) is 2.74. The minimum Gasteiger partial charge on any atom is -0.490 e. The van der Waals surface area contributed by atoms with Crippen molar-refractivity contribution < 1.29 is 4.74 Å². The minimum absolute atomic E-state index is 0.0762. The van der Waals surface area contributed by atoms with Crippen LogP contribution in [0.2, 0.25) is 0 Å². The molecule has 1 aliphatic rings. The second-order valence-corrected chi connectivity index (χ2v) is 8.26. The standard InChI is InChI=1S/C24H26N4O2/c1-15-6-8-18(9-7-15)30-21-12-17(3)28(14-16(21)2)20-13-23(29)27(5)19-10-11-22(25-4)26-24(19)20/h6-11,13,16-17,21H,12,14H2,1-3,5H3/t16-,17-,21+/m0/s1. The van der Waals surface area contributed by atoms with Gasteiger partial charge in [-0.05, 0) is 38.1 Å². The average molecular weight is 402 g/mol. The smallest absolute Gasteiger partial charge is 0.270 e. The number of nitrogens with zero attached hydrogens (tertiary/aromatic N) is 4. The van der Waals surface area contributed by atoms with E-state index in [-0.39, 0.29) is 23.6 Å². The summed E-state index contributed by atoms with van der Waals surface area (Å²) in [6, 6.07) is 13.4. The lowest BCUT2D eigenvalue weighted by Gasteiger charge is -2.42. The fourth-order valence-electron chi connectivity index (χ4n) is 4.18. The first-order chi connectivity index (χ1) is 14.4. The zero-order valence-corrected chi connectivity index (χ0v) is 17.8. The van der Waals surface area contributed by atoms with Crippen LogP contribution in [0, 0.1) is 19.4 Å². The monoisotopic (exact) mass is 402 g/mol. The van der Waals surface area contributed by atoms with Gasteiger partial charge in [0.2, 0.25) is 5.52 Å². The highest BCUT2D eigenvalue weighted by Gasteiger charge is 2.34. The molecule has 3 heterocycles. The van der Waals surface area contributed by atoms with E-state index in [9.17, 15) is 4.79 Å². The van der Waals surface area contributed by atoms with Crippen LogP contribution in [0.3, 0.4) is 0 Å². The Morgan fingerprint density at radius 3 is 2.60 bits per heavy atom. The lowest BCUT2D eigenvalue weighted by atomic mass is 9.91. The van der Waals surface area contributed by atoms with Crippen LogP contribution < -0.4 is 15.2 Å². The molecular weight excluding hydrogens is 376 g/mol. The summed E-state index contributed by atoms with van der Waals surface area (Å²) in [7, 11) is 1.74. The van der Waals surface area contributed by atoms with Gasteiger partial charge in [0.05, 0.1) is 11.2 Å². The Balaban J connectivity index is 1.66. The van der Waals surface area contributed by atoms with Crippen LogP contribution in [0.4, 0.5) is 11.5 Å². The predicted molar refractivity (Wildman–Crippen MR) is 119 cm³/mol. The van der Waals surface area contributed by atoms with Gasteiger partial charge in [-0.25, -0.2) is 0 Å². The number of benzene rings is 1. The lowest BCUT2D eigenvalue weighted by Crippen LogP contribution is -2.50. The van der Waals surface area contributed by atoms with Crippen molar-refractivity contribution in [2.45, 2.75) is 39.3 Å². The number of rotatable bonds is 3. The number of anilines is 1. The molecule has 1 aliphatic heterocycles. The number of fused-ring (bicyclic) bond motifs is 1. The van der Waals surface area contributed by atoms with Gasteiger partial charge in [-0.3, -0.25) is 4.79 Å². The maximum Gasteiger partial charge on any atom is 0.270 e. The Kier molecular flexibility index (Phi) is 5.21. The van der Waals surface area contributed by atoms with Crippen LogP contribution in [-0.2, 0) is 7.05 Å². The van der Waals surface area contributed by atoms with E-state index in [4.69, 9.17) is 11.3 Å². The molecule has 0 bridgehead atoms. The molecule has 6 nitrogen and oxygen atoms in total. The van der Waals surface area contributed by atoms with E-state index in [0.717, 1.165) is 29.9 Å². The third-order valence-electron chi connectivity index (χ3n) is 6.01. The van der Waals surface area contributed by atoms with Crippen LogP contribution in [0.1, 0.15) is 25.8 Å². The van der Waals surface area contributed by atoms with Crippen LogP contribution in [0.25, 0.3) is 15.9 Å². The fourth-order valence-corrected chi connectivity index (χ4v) is 4.18. The van der Waals surface area contributed by atoms with Crippen LogP contribution in [0.15, 0.2) is 47.3 Å². The Morgan fingerprint density at radius 1 is 1.17 bits per heavy atom. The van der Waals surface area contributed by atoms with Crippen LogP contribution >= 0.6 is 0 Å². The second kappa shape index (κ2) is 7.83. The summed E-state index contributed by atoms with van der Waals surface area (Å²) in [4.78, 5) is 22.8. The molecule has 0 radical (unpaired) electrons. The van der Waals surface area contributed by atoms with E-state index >= 15 is 0 Å². The number of pyridine rings is 2. The molecule has 4 rings (SSSR count). The van der Waals surface area contributed by atoms with Gasteiger partial charge < -0.3 is 19.0 Å². The number of aryl methyl sites for hydroxylation is 2. The van der Waals surface area contributed by atoms with Gasteiger partial charge in [-0.15, -0.1) is 4.98 Å². The molecule has 0 aliphatic carbocycles. The van der Waals surface area contributed by atoms with Crippen LogP contribution in [-0.4, -0.2) is 28.2 Å². The van der Waals surface area contributed by atoms with Crippen molar-refractivity contribution in [3.63, 3.8) is 0 Å². The van der Waals surface area contributed by atoms with Gasteiger partial charge in [0, 0.05) is 38.0 Å². The maximum absolute atomic E-state index is 12.6. The SMILES string of the molecule is [C-]#[N+]c1ccc2c(n1)c(N1C[C@H](C)[C@H](Oc3ccc(C)cc3)C[C@@H]1C)cc(=O)n2C. The van der Waals surface area contributed by atoms with Crippen molar-refractivity contribution in [1.29, 1.82) is 0 Å². The zero-order valence-electron chi connectivity index (χ0n) is 17.8. The van der Waals surface area contributed by atoms with E-state index in [0.29, 0.717) is 11.3 Å². The largest absolute Gasteiger partial charge is 0.490 e. The van der Waals surface area contributed by atoms with Crippen molar-refractivity contribution in [1.82, 2.24) is 9.55 Å². The molecule has 0 saturated carbocycles. The van der Waals surface area contributed by atoms with Crippen molar-refractivity contribution in [3.8, 4) is 5.75 Å². The summed E-state index contributed by atoms with van der Waals surface area (Å²) in [6.45, 7) is 14.5. The van der Waals surface area contributed by atoms with Crippen molar-refractivity contribution >= 4 is 22.5 Å². The maximum atomic E-state index is 12.6. The Morgan fingerprint density at radius 2 is 1.90 bits per heavy atom. The van der Waals surface area contributed by atoms with Gasteiger partial charge in [-0.2, -0.15) is 0 Å². The molecule has 0 spiro atoms. The van der Waals surface area contributed by atoms with Gasteiger partial charge in [-0.1, -0.05) is 31.2 Å². The molecular formula is C24H26N4O2. The highest BCUT2D eigenvalue weighted by atomic mass is 16.5. The summed E-state index contributed by atoms with van der Waals surface area (Å²) in [6.07, 6.45) is 0.942. The number of ether oxygens (including phenoxy) is 1. The highest BCUT2D eigenvalue weighted by molar-refractivity contribution is 5.89. The molecule has 1 aromatic carbocycles. The molecule has 0 amide bonds. The first-order valence-corrected chi connectivity index (χ1v) is 10.3. The third-order valence-corrected chi connectivity index (χ3v) is 6.01. The normalized spacial score (nSPS) is 21.4. The van der Waals surface area contributed by atoms with Gasteiger partial charge >= 0.3 is 0 Å². The molecule has 2 aromatic heterocycles. The summed E-state index contributed by atoms with van der Waals surface area (Å²) < 4.78 is 7.88. The quantitative estimate of drug-likeness (QED) is 0.607. The summed E-state index contributed by atoms with van der Waals surface area (Å²) >= 11 is 0. The predicted octanol–water partition coefficient (Wildman–Crippen LogP) is 4.48. The van der Waals surface area contributed by atoms with Crippen molar-refractivity contribution in [3.05, 3.63) is 69.8 Å². The minimum atomic E-state index is -0.0762. The topological polar surface area (TPSA) is 51.7 Å². The molecule has 3 atom stereocenters. The number of piperidine rings is 1. The van der Waals surface area contributed by atoms with E-state index in [1.165, 1.54) is 5.56 Å². The number of aromatic nitrogens is 2. The molecule has 30 heavy (non-hydrogen) atoms. The fraction of sp³-hybridized carbons (Fsp3) is 0.375. The summed E-state index contributed by atoms with van der Waals surface area (Å²) in [5, 5.41) is 0. The number of hydrogen-bond acceptors (Lipinski definition) is 4. The van der Waals surface area contributed by atoms with E-state index in [2.05, 4.69) is 47.6 Å². The molecule has 1 fully saturated rings. The molecule has 0 N–H and O–H groups in total. The van der Waals surface area contributed by atoms with E-state index < -0.39 is 0 Å². The zero-order chi connectivity index (χ0) is 21.4. The second-order valence-electron chi connectivity index (χ2n) is 8.26. The van der Waals surface area contributed by atoms with Gasteiger partial charge in [0.25, 0.3) is 11.4 Å². The van der Waals surface area contributed by atoms with E-state index in [1.54, 1.807) is 23.7 Å². The Bertz CT molecular complexity index is 1180. The van der Waals surface area contributed by atoms with Crippen LogP contribution in [0.5, 0.6) is 5.75 Å². The van der Waals surface area contributed by atoms with Crippen molar-refractivity contribution in [2.75, 3.05) is 11.4 Å². The molecule has 3 aromatic rings. The highest BCUT2D eigenvalue weighted by Crippen LogP contribution is 2.33. The Labute approximate surface area is 176 Å².